The molecule has 0 atom stereocenters. The molecule has 3 rings (SSSR count). The van der Waals surface area contributed by atoms with E-state index in [0.29, 0.717) is 12.8 Å². The summed E-state index contributed by atoms with van der Waals surface area (Å²) < 4.78 is 14.6. The highest BCUT2D eigenvalue weighted by molar-refractivity contribution is 6.01. The lowest BCUT2D eigenvalue weighted by atomic mass is 10.2. The van der Waals surface area contributed by atoms with Crippen LogP contribution >= 0.6 is 0 Å². The fourth-order valence-electron chi connectivity index (χ4n) is 2.32. The van der Waals surface area contributed by atoms with E-state index in [-0.39, 0.29) is 11.6 Å². The first-order valence-corrected chi connectivity index (χ1v) is 5.54. The van der Waals surface area contributed by atoms with Crippen LogP contribution in [0.15, 0.2) is 24.3 Å². The van der Waals surface area contributed by atoms with Crippen molar-refractivity contribution in [3.63, 3.8) is 0 Å². The second-order valence-corrected chi connectivity index (χ2v) is 4.22. The van der Waals surface area contributed by atoms with Crippen LogP contribution in [0.1, 0.15) is 28.2 Å². The van der Waals surface area contributed by atoms with Gasteiger partial charge in [0.15, 0.2) is 5.78 Å². The first kappa shape index (κ1) is 10.2. The van der Waals surface area contributed by atoms with E-state index in [0.717, 1.165) is 22.6 Å². The number of carbonyl (C=O) groups is 1. The van der Waals surface area contributed by atoms with Crippen LogP contribution in [-0.4, -0.2) is 15.6 Å². The molecular weight excluding hydrogens is 219 g/mol. The zero-order chi connectivity index (χ0) is 12.0. The van der Waals surface area contributed by atoms with Crippen LogP contribution in [0.5, 0.6) is 0 Å². The molecule has 0 saturated carbocycles. The Labute approximate surface area is 97.9 Å². The van der Waals surface area contributed by atoms with Crippen molar-refractivity contribution in [1.82, 2.24) is 9.78 Å². The zero-order valence-corrected chi connectivity index (χ0v) is 9.40. The Hall–Kier alpha value is -1.97. The Kier molecular flexibility index (Phi) is 2.11. The molecule has 0 unspecified atom stereocenters. The molecule has 3 nitrogen and oxygen atoms in total. The zero-order valence-electron chi connectivity index (χ0n) is 9.40. The van der Waals surface area contributed by atoms with E-state index in [4.69, 9.17) is 0 Å². The summed E-state index contributed by atoms with van der Waals surface area (Å²) in [5.74, 6) is -0.115. The molecule has 0 saturated heterocycles. The summed E-state index contributed by atoms with van der Waals surface area (Å²) >= 11 is 0. The van der Waals surface area contributed by atoms with E-state index >= 15 is 0 Å². The van der Waals surface area contributed by atoms with Gasteiger partial charge >= 0.3 is 0 Å². The van der Waals surface area contributed by atoms with Crippen molar-refractivity contribution in [3.8, 4) is 5.69 Å². The number of nitrogens with zero attached hydrogens (tertiary/aromatic N) is 2. The van der Waals surface area contributed by atoms with Gasteiger partial charge in [-0.15, -0.1) is 0 Å². The number of carbonyl (C=O) groups excluding carboxylic acids is 1. The number of Topliss-reactive ketones (excluding diaryl/α,β-unsaturated/α-hetero) is 1. The summed E-state index contributed by atoms with van der Waals surface area (Å²) in [4.78, 5) is 11.7. The fourth-order valence-corrected chi connectivity index (χ4v) is 2.32. The van der Waals surface area contributed by atoms with Gasteiger partial charge in [-0.05, 0) is 37.6 Å². The normalized spacial score (nSPS) is 14.1. The minimum Gasteiger partial charge on any atom is -0.294 e. The lowest BCUT2D eigenvalue weighted by Gasteiger charge is -2.04. The lowest BCUT2D eigenvalue weighted by molar-refractivity contribution is 0.0994. The van der Waals surface area contributed by atoms with Gasteiger partial charge in [-0.1, -0.05) is 0 Å². The van der Waals surface area contributed by atoms with Gasteiger partial charge in [0.05, 0.1) is 22.6 Å². The summed E-state index contributed by atoms with van der Waals surface area (Å²) in [7, 11) is 0. The summed E-state index contributed by atoms with van der Waals surface area (Å²) in [5, 5.41) is 4.36. The number of fused-ring (bicyclic) bond motifs is 1. The van der Waals surface area contributed by atoms with Crippen LogP contribution in [0.3, 0.4) is 0 Å². The van der Waals surface area contributed by atoms with E-state index in [9.17, 15) is 9.18 Å². The Morgan fingerprint density at radius 2 is 1.94 bits per heavy atom. The molecule has 86 valence electrons. The molecule has 0 N–H and O–H groups in total. The lowest BCUT2D eigenvalue weighted by Crippen LogP contribution is -2.01. The second-order valence-electron chi connectivity index (χ2n) is 4.22. The van der Waals surface area contributed by atoms with Gasteiger partial charge in [-0.25, -0.2) is 9.07 Å². The summed E-state index contributed by atoms with van der Waals surface area (Å²) in [6.45, 7) is 1.84. The number of rotatable bonds is 1. The van der Waals surface area contributed by atoms with E-state index in [1.165, 1.54) is 12.1 Å². The number of hydrogen-bond acceptors (Lipinski definition) is 2. The van der Waals surface area contributed by atoms with E-state index in [1.54, 1.807) is 16.8 Å². The van der Waals surface area contributed by atoms with Crippen LogP contribution in [0.2, 0.25) is 0 Å². The Bertz CT molecular complexity index is 599. The van der Waals surface area contributed by atoms with Gasteiger partial charge in [0.2, 0.25) is 0 Å². The van der Waals surface area contributed by atoms with Gasteiger partial charge < -0.3 is 0 Å². The van der Waals surface area contributed by atoms with Crippen LogP contribution in [0.4, 0.5) is 4.39 Å². The largest absolute Gasteiger partial charge is 0.294 e. The monoisotopic (exact) mass is 230 g/mol. The van der Waals surface area contributed by atoms with Crippen molar-refractivity contribution in [1.29, 1.82) is 0 Å². The number of aryl methyl sites for hydroxylation is 1. The average molecular weight is 230 g/mol. The van der Waals surface area contributed by atoms with Crippen molar-refractivity contribution >= 4 is 5.78 Å². The molecule has 1 aliphatic carbocycles. The van der Waals surface area contributed by atoms with Crippen molar-refractivity contribution < 1.29 is 9.18 Å². The van der Waals surface area contributed by atoms with Crippen molar-refractivity contribution in [2.45, 2.75) is 19.8 Å². The van der Waals surface area contributed by atoms with Crippen molar-refractivity contribution in [2.75, 3.05) is 0 Å². The fraction of sp³-hybridized carbons (Fsp3) is 0.231. The van der Waals surface area contributed by atoms with Crippen LogP contribution < -0.4 is 0 Å². The maximum absolute atomic E-state index is 12.9. The van der Waals surface area contributed by atoms with Gasteiger partial charge in [-0.2, -0.15) is 5.10 Å². The highest BCUT2D eigenvalue weighted by atomic mass is 19.1. The van der Waals surface area contributed by atoms with Gasteiger partial charge in [0.1, 0.15) is 5.82 Å². The minimum atomic E-state index is -0.273. The van der Waals surface area contributed by atoms with Gasteiger partial charge in [0, 0.05) is 6.42 Å². The third kappa shape index (κ3) is 1.48. The average Bonchev–Trinajstić information content (AvgIpc) is 2.83. The topological polar surface area (TPSA) is 34.9 Å². The molecule has 1 aromatic heterocycles. The quantitative estimate of drug-likeness (QED) is 0.754. The summed E-state index contributed by atoms with van der Waals surface area (Å²) in [5.41, 5.74) is 3.24. The highest BCUT2D eigenvalue weighted by Crippen LogP contribution is 2.27. The molecular formula is C13H11FN2O. The molecule has 2 aromatic rings. The number of hydrogen-bond donors (Lipinski definition) is 0. The number of halogens is 1. The van der Waals surface area contributed by atoms with Crippen LogP contribution in [0, 0.1) is 12.7 Å². The smallest absolute Gasteiger partial charge is 0.166 e. The van der Waals surface area contributed by atoms with E-state index in [1.807, 2.05) is 6.92 Å². The van der Waals surface area contributed by atoms with Gasteiger partial charge in [0.25, 0.3) is 0 Å². The maximum atomic E-state index is 12.9. The Balaban J connectivity index is 2.17. The SMILES string of the molecule is Cc1nn(-c2ccc(F)cc2)c2c1C(=O)CC2. The third-order valence-electron chi connectivity index (χ3n) is 3.09. The minimum absolute atomic E-state index is 0.158. The second kappa shape index (κ2) is 3.52. The van der Waals surface area contributed by atoms with Crippen molar-refractivity contribution in [3.05, 3.63) is 47.0 Å². The third-order valence-corrected chi connectivity index (χ3v) is 3.09. The maximum Gasteiger partial charge on any atom is 0.166 e. The Morgan fingerprint density at radius 1 is 1.24 bits per heavy atom. The molecule has 1 aromatic carbocycles. The molecule has 1 heterocycles. The van der Waals surface area contributed by atoms with Crippen molar-refractivity contribution in [2.24, 2.45) is 0 Å². The molecule has 17 heavy (non-hydrogen) atoms. The van der Waals surface area contributed by atoms with E-state index < -0.39 is 0 Å². The molecule has 0 spiro atoms. The predicted molar refractivity (Wildman–Crippen MR) is 60.9 cm³/mol. The molecule has 0 aliphatic heterocycles. The molecule has 0 radical (unpaired) electrons. The molecule has 4 heteroatoms. The standard InChI is InChI=1S/C13H11FN2O/c1-8-13-11(6-7-12(13)17)16(15-8)10-4-2-9(14)3-5-10/h2-5H,6-7H2,1H3. The first-order valence-electron chi connectivity index (χ1n) is 5.54. The van der Waals surface area contributed by atoms with Gasteiger partial charge in [-0.3, -0.25) is 4.79 Å². The molecule has 0 fully saturated rings. The molecule has 1 aliphatic rings. The Morgan fingerprint density at radius 3 is 2.65 bits per heavy atom. The predicted octanol–water partition coefficient (Wildman–Crippen LogP) is 2.45. The number of benzene rings is 1. The van der Waals surface area contributed by atoms with Crippen LogP contribution in [-0.2, 0) is 6.42 Å². The summed E-state index contributed by atoms with van der Waals surface area (Å²) in [6.07, 6.45) is 1.27. The first-order chi connectivity index (χ1) is 8.16. The van der Waals surface area contributed by atoms with Crippen LogP contribution in [0.25, 0.3) is 5.69 Å². The molecule has 0 amide bonds. The summed E-state index contributed by atoms with van der Waals surface area (Å²) in [6, 6.07) is 6.14. The molecule has 0 bridgehead atoms. The highest BCUT2D eigenvalue weighted by Gasteiger charge is 2.27. The number of aromatic nitrogens is 2. The van der Waals surface area contributed by atoms with E-state index in [2.05, 4.69) is 5.10 Å². The number of ketones is 1.